The second-order valence-electron chi connectivity index (χ2n) is 5.38. The van der Waals surface area contributed by atoms with Crippen molar-refractivity contribution < 1.29 is 24.2 Å². The normalized spacial score (nSPS) is 20.4. The maximum atomic E-state index is 12.3. The van der Waals surface area contributed by atoms with Crippen LogP contribution in [0.25, 0.3) is 0 Å². The Morgan fingerprint density at radius 3 is 2.91 bits per heavy atom. The van der Waals surface area contributed by atoms with Crippen LogP contribution in [0.2, 0.25) is 0 Å². The summed E-state index contributed by atoms with van der Waals surface area (Å²) in [6.45, 7) is 1.71. The van der Waals surface area contributed by atoms with E-state index < -0.39 is 11.9 Å². The summed E-state index contributed by atoms with van der Waals surface area (Å²) in [6, 6.07) is 4.99. The van der Waals surface area contributed by atoms with E-state index in [0.717, 1.165) is 0 Å². The zero-order valence-electron chi connectivity index (χ0n) is 12.1. The van der Waals surface area contributed by atoms with Gasteiger partial charge in [-0.3, -0.25) is 4.79 Å². The minimum absolute atomic E-state index is 0.230. The fourth-order valence-electron chi connectivity index (χ4n) is 2.73. The molecule has 0 aromatic heterocycles. The van der Waals surface area contributed by atoms with Gasteiger partial charge < -0.3 is 24.8 Å². The molecule has 2 heterocycles. The Hall–Kier alpha value is -2.44. The molecule has 1 fully saturated rings. The largest absolute Gasteiger partial charge is 0.486 e. The summed E-state index contributed by atoms with van der Waals surface area (Å²) in [4.78, 5) is 25.0. The molecule has 2 N–H and O–H groups in total. The number of hydrogen-bond acceptors (Lipinski definition) is 4. The van der Waals surface area contributed by atoms with Gasteiger partial charge >= 0.3 is 12.0 Å². The number of amides is 2. The van der Waals surface area contributed by atoms with Crippen LogP contribution in [0.1, 0.15) is 12.8 Å². The first-order chi connectivity index (χ1) is 10.6. The van der Waals surface area contributed by atoms with Gasteiger partial charge in [0.05, 0.1) is 11.6 Å². The highest BCUT2D eigenvalue weighted by Crippen LogP contribution is 2.37. The minimum Gasteiger partial charge on any atom is -0.486 e. The number of ether oxygens (including phenoxy) is 2. The molecule has 1 atom stereocenters. The molecule has 1 unspecified atom stereocenters. The van der Waals surface area contributed by atoms with Gasteiger partial charge in [0, 0.05) is 13.1 Å². The van der Waals surface area contributed by atoms with Crippen LogP contribution in [0.15, 0.2) is 18.2 Å². The predicted molar refractivity (Wildman–Crippen MR) is 78.4 cm³/mol. The van der Waals surface area contributed by atoms with Gasteiger partial charge in [-0.1, -0.05) is 6.07 Å². The molecule has 0 bridgehead atoms. The Morgan fingerprint density at radius 1 is 1.27 bits per heavy atom. The topological polar surface area (TPSA) is 88.1 Å². The average molecular weight is 306 g/mol. The van der Waals surface area contributed by atoms with Crippen molar-refractivity contribution in [3.05, 3.63) is 18.2 Å². The summed E-state index contributed by atoms with van der Waals surface area (Å²) < 4.78 is 11.0. The lowest BCUT2D eigenvalue weighted by molar-refractivity contribution is -0.143. The number of nitrogens with one attached hydrogen (secondary N) is 1. The Bertz CT molecular complexity index is 589. The van der Waals surface area contributed by atoms with Crippen LogP contribution in [0.5, 0.6) is 11.5 Å². The van der Waals surface area contributed by atoms with Crippen LogP contribution in [0.4, 0.5) is 10.5 Å². The number of carbonyl (C=O) groups is 2. The molecule has 0 aliphatic carbocycles. The molecule has 1 saturated heterocycles. The van der Waals surface area contributed by atoms with E-state index in [1.54, 1.807) is 18.2 Å². The smallest absolute Gasteiger partial charge is 0.321 e. The van der Waals surface area contributed by atoms with Gasteiger partial charge in [-0.05, 0) is 25.0 Å². The number of carboxylic acid groups (broad SMARTS) is 1. The van der Waals surface area contributed by atoms with Crippen molar-refractivity contribution in [1.82, 2.24) is 4.90 Å². The molecule has 0 spiro atoms. The van der Waals surface area contributed by atoms with Crippen LogP contribution in [0.3, 0.4) is 0 Å². The second-order valence-corrected chi connectivity index (χ2v) is 5.38. The molecule has 2 aliphatic heterocycles. The molecule has 2 amide bonds. The van der Waals surface area contributed by atoms with Crippen LogP contribution >= 0.6 is 0 Å². The van der Waals surface area contributed by atoms with E-state index in [0.29, 0.717) is 49.8 Å². The number of aliphatic carboxylic acids is 1. The lowest BCUT2D eigenvalue weighted by Gasteiger charge is -2.31. The number of likely N-dealkylation sites (tertiary alicyclic amines) is 1. The van der Waals surface area contributed by atoms with Crippen molar-refractivity contribution in [3.8, 4) is 11.5 Å². The van der Waals surface area contributed by atoms with Crippen LogP contribution < -0.4 is 14.8 Å². The van der Waals surface area contributed by atoms with Gasteiger partial charge in [-0.15, -0.1) is 0 Å². The number of rotatable bonds is 2. The summed E-state index contributed by atoms with van der Waals surface area (Å²) in [7, 11) is 0. The molecule has 1 aromatic rings. The molecular weight excluding hydrogens is 288 g/mol. The van der Waals surface area contributed by atoms with Gasteiger partial charge in [0.1, 0.15) is 13.2 Å². The summed E-state index contributed by atoms with van der Waals surface area (Å²) in [6.07, 6.45) is 1.30. The van der Waals surface area contributed by atoms with Crippen LogP contribution in [-0.4, -0.2) is 48.3 Å². The van der Waals surface area contributed by atoms with E-state index in [1.165, 1.54) is 4.90 Å². The molecule has 1 aromatic carbocycles. The number of piperidine rings is 1. The summed E-state index contributed by atoms with van der Waals surface area (Å²) in [5.74, 6) is -0.227. The van der Waals surface area contributed by atoms with Crippen LogP contribution in [-0.2, 0) is 4.79 Å². The molecule has 0 saturated carbocycles. The zero-order chi connectivity index (χ0) is 15.5. The Morgan fingerprint density at radius 2 is 2.09 bits per heavy atom. The minimum atomic E-state index is -0.855. The molecule has 22 heavy (non-hydrogen) atoms. The lowest BCUT2D eigenvalue weighted by Crippen LogP contribution is -2.44. The van der Waals surface area contributed by atoms with Crippen molar-refractivity contribution >= 4 is 17.7 Å². The third-order valence-corrected chi connectivity index (χ3v) is 3.87. The third kappa shape index (κ3) is 2.93. The van der Waals surface area contributed by atoms with Crippen molar-refractivity contribution in [2.45, 2.75) is 12.8 Å². The van der Waals surface area contributed by atoms with E-state index in [2.05, 4.69) is 5.32 Å². The van der Waals surface area contributed by atoms with Crippen molar-refractivity contribution in [1.29, 1.82) is 0 Å². The van der Waals surface area contributed by atoms with Crippen molar-refractivity contribution in [2.24, 2.45) is 5.92 Å². The maximum absolute atomic E-state index is 12.3. The highest BCUT2D eigenvalue weighted by Gasteiger charge is 2.28. The molecule has 7 nitrogen and oxygen atoms in total. The van der Waals surface area contributed by atoms with E-state index in [1.807, 2.05) is 0 Å². The van der Waals surface area contributed by atoms with Gasteiger partial charge in [-0.25, -0.2) is 4.79 Å². The Labute approximate surface area is 127 Å². The highest BCUT2D eigenvalue weighted by molar-refractivity contribution is 5.92. The SMILES string of the molecule is O=C(O)C1CCCN(C(=O)Nc2cccc3c2OCCO3)C1. The van der Waals surface area contributed by atoms with E-state index >= 15 is 0 Å². The molecule has 2 aliphatic rings. The number of benzene rings is 1. The average Bonchev–Trinajstić information content (AvgIpc) is 2.55. The van der Waals surface area contributed by atoms with Crippen molar-refractivity contribution in [3.63, 3.8) is 0 Å². The highest BCUT2D eigenvalue weighted by atomic mass is 16.6. The summed E-state index contributed by atoms with van der Waals surface area (Å²) in [5.41, 5.74) is 0.541. The molecule has 118 valence electrons. The van der Waals surface area contributed by atoms with Gasteiger partial charge in [0.25, 0.3) is 0 Å². The maximum Gasteiger partial charge on any atom is 0.321 e. The number of carboxylic acids is 1. The monoisotopic (exact) mass is 306 g/mol. The van der Waals surface area contributed by atoms with Gasteiger partial charge in [0.15, 0.2) is 11.5 Å². The number of anilines is 1. The quantitative estimate of drug-likeness (QED) is 0.869. The first-order valence-electron chi connectivity index (χ1n) is 7.32. The third-order valence-electron chi connectivity index (χ3n) is 3.87. The second kappa shape index (κ2) is 6.13. The predicted octanol–water partition coefficient (Wildman–Crippen LogP) is 1.79. The first-order valence-corrected chi connectivity index (χ1v) is 7.32. The Balaban J connectivity index is 1.70. The molecular formula is C15H18N2O5. The number of urea groups is 1. The summed E-state index contributed by atoms with van der Waals surface area (Å²) >= 11 is 0. The fourth-order valence-corrected chi connectivity index (χ4v) is 2.73. The van der Waals surface area contributed by atoms with Crippen LogP contribution in [0, 0.1) is 5.92 Å². The fraction of sp³-hybridized carbons (Fsp3) is 0.467. The Kier molecular flexibility index (Phi) is 4.04. The number of nitrogens with zero attached hydrogens (tertiary/aromatic N) is 1. The molecule has 3 rings (SSSR count). The first kappa shape index (κ1) is 14.5. The van der Waals surface area contributed by atoms with Crippen molar-refractivity contribution in [2.75, 3.05) is 31.6 Å². The zero-order valence-corrected chi connectivity index (χ0v) is 12.1. The van der Waals surface area contributed by atoms with E-state index in [-0.39, 0.29) is 12.6 Å². The van der Waals surface area contributed by atoms with E-state index in [9.17, 15) is 9.59 Å². The number of fused-ring (bicyclic) bond motifs is 1. The number of carbonyl (C=O) groups excluding carboxylic acids is 1. The van der Waals surface area contributed by atoms with Gasteiger partial charge in [0.2, 0.25) is 0 Å². The standard InChI is InChI=1S/C15H18N2O5/c18-14(19)10-3-2-6-17(9-10)15(20)16-11-4-1-5-12-13(11)22-8-7-21-12/h1,4-5,10H,2-3,6-9H2,(H,16,20)(H,18,19). The van der Waals surface area contributed by atoms with E-state index in [4.69, 9.17) is 14.6 Å². The lowest BCUT2D eigenvalue weighted by atomic mass is 9.99. The molecule has 0 radical (unpaired) electrons. The van der Waals surface area contributed by atoms with Gasteiger partial charge in [-0.2, -0.15) is 0 Å². The molecule has 7 heteroatoms. The number of hydrogen-bond donors (Lipinski definition) is 2. The number of para-hydroxylation sites is 1. The summed E-state index contributed by atoms with van der Waals surface area (Å²) in [5, 5.41) is 11.9.